The number of ether oxygens (including phenoxy) is 5. The zero-order valence-corrected chi connectivity index (χ0v) is 21.6. The molecule has 0 aromatic heterocycles. The monoisotopic (exact) mass is 504 g/mol. The Morgan fingerprint density at radius 2 is 1.58 bits per heavy atom. The van der Waals surface area contributed by atoms with E-state index >= 15 is 0 Å². The number of carbonyl (C=O) groups excluding carboxylic acids is 1. The Morgan fingerprint density at radius 1 is 0.861 bits per heavy atom. The van der Waals surface area contributed by atoms with E-state index in [4.69, 9.17) is 23.7 Å². The standard InChI is InChI=1S/C18H25NO4.C10H19NO2/c20-18(23-13-15-7-2-1-3-8-15)19-11-6-9-16(19)14-22-17-10-4-5-12-21-17;1-2-7-12-10(5-1)13-8-9-4-3-6-11-9/h1-3,7-8,16-17H,4-6,9-14H2;9-11H,1-8H2/t16-,17?;9-,10?/m00/s1. The summed E-state index contributed by atoms with van der Waals surface area (Å²) in [6.45, 7) is 5.22. The third kappa shape index (κ3) is 9.30. The van der Waals surface area contributed by atoms with Gasteiger partial charge >= 0.3 is 6.09 Å². The molecule has 8 nitrogen and oxygen atoms in total. The van der Waals surface area contributed by atoms with Crippen LogP contribution >= 0.6 is 0 Å². The molecular formula is C28H44N2O6. The number of benzene rings is 1. The van der Waals surface area contributed by atoms with Gasteiger partial charge in [-0.15, -0.1) is 0 Å². The van der Waals surface area contributed by atoms with Crippen LogP contribution in [0.4, 0.5) is 4.79 Å². The lowest BCUT2D eigenvalue weighted by Gasteiger charge is -2.28. The Kier molecular flexibility index (Phi) is 11.8. The molecule has 4 saturated heterocycles. The van der Waals surface area contributed by atoms with Gasteiger partial charge in [0.15, 0.2) is 12.6 Å². The average Bonchev–Trinajstić information content (AvgIpc) is 3.64. The summed E-state index contributed by atoms with van der Waals surface area (Å²) in [4.78, 5) is 14.1. The molecule has 0 radical (unpaired) electrons. The van der Waals surface area contributed by atoms with E-state index in [2.05, 4.69) is 5.32 Å². The van der Waals surface area contributed by atoms with E-state index in [1.807, 2.05) is 30.3 Å². The fourth-order valence-electron chi connectivity index (χ4n) is 5.08. The lowest BCUT2D eigenvalue weighted by molar-refractivity contribution is -0.168. The van der Waals surface area contributed by atoms with Crippen molar-refractivity contribution in [3.63, 3.8) is 0 Å². The molecular weight excluding hydrogens is 460 g/mol. The highest BCUT2D eigenvalue weighted by molar-refractivity contribution is 5.68. The molecule has 5 rings (SSSR count). The first-order valence-electron chi connectivity index (χ1n) is 13.9. The smallest absolute Gasteiger partial charge is 0.410 e. The van der Waals surface area contributed by atoms with Crippen LogP contribution in [0, 0.1) is 0 Å². The molecule has 1 aromatic carbocycles. The van der Waals surface area contributed by atoms with Crippen molar-refractivity contribution in [3.8, 4) is 0 Å². The second kappa shape index (κ2) is 15.5. The third-order valence-corrected chi connectivity index (χ3v) is 7.21. The quantitative estimate of drug-likeness (QED) is 0.554. The summed E-state index contributed by atoms with van der Waals surface area (Å²) in [5.41, 5.74) is 1.00. The molecule has 1 N–H and O–H groups in total. The van der Waals surface area contributed by atoms with E-state index in [0.29, 0.717) is 19.3 Å². The van der Waals surface area contributed by atoms with E-state index in [1.165, 1.54) is 25.7 Å². The van der Waals surface area contributed by atoms with E-state index < -0.39 is 0 Å². The number of hydrogen-bond acceptors (Lipinski definition) is 7. The Balaban J connectivity index is 0.000000197. The summed E-state index contributed by atoms with van der Waals surface area (Å²) < 4.78 is 28.0. The van der Waals surface area contributed by atoms with Crippen LogP contribution in [0.25, 0.3) is 0 Å². The predicted molar refractivity (Wildman–Crippen MR) is 136 cm³/mol. The Hall–Kier alpha value is -1.71. The van der Waals surface area contributed by atoms with Gasteiger partial charge in [0, 0.05) is 25.8 Å². The van der Waals surface area contributed by atoms with Gasteiger partial charge in [-0.3, -0.25) is 0 Å². The second-order valence-corrected chi connectivity index (χ2v) is 10.1. The van der Waals surface area contributed by atoms with E-state index in [1.54, 1.807) is 4.90 Å². The van der Waals surface area contributed by atoms with E-state index in [-0.39, 0.29) is 24.7 Å². The second-order valence-electron chi connectivity index (χ2n) is 10.1. The van der Waals surface area contributed by atoms with Crippen LogP contribution in [0.2, 0.25) is 0 Å². The molecule has 4 aliphatic rings. The van der Waals surface area contributed by atoms with E-state index in [0.717, 1.165) is 77.0 Å². The average molecular weight is 505 g/mol. The zero-order valence-electron chi connectivity index (χ0n) is 21.6. The van der Waals surface area contributed by atoms with Gasteiger partial charge in [0.05, 0.1) is 19.3 Å². The molecule has 8 heteroatoms. The summed E-state index contributed by atoms with van der Waals surface area (Å²) in [5.74, 6) is 0. The number of nitrogens with one attached hydrogen (secondary N) is 1. The molecule has 4 heterocycles. The van der Waals surface area contributed by atoms with Crippen LogP contribution in [-0.2, 0) is 30.3 Å². The fraction of sp³-hybridized carbons (Fsp3) is 0.750. The topological polar surface area (TPSA) is 78.5 Å². The number of likely N-dealkylation sites (tertiary alicyclic amines) is 1. The van der Waals surface area contributed by atoms with Gasteiger partial charge in [-0.25, -0.2) is 4.79 Å². The van der Waals surface area contributed by atoms with Crippen molar-refractivity contribution >= 4 is 6.09 Å². The van der Waals surface area contributed by atoms with Crippen molar-refractivity contribution < 1.29 is 28.5 Å². The van der Waals surface area contributed by atoms with Gasteiger partial charge in [0.2, 0.25) is 0 Å². The van der Waals surface area contributed by atoms with Crippen LogP contribution in [0.5, 0.6) is 0 Å². The minimum Gasteiger partial charge on any atom is -0.445 e. The highest BCUT2D eigenvalue weighted by Crippen LogP contribution is 2.21. The number of nitrogens with zero attached hydrogens (tertiary/aromatic N) is 1. The van der Waals surface area contributed by atoms with Crippen molar-refractivity contribution in [1.29, 1.82) is 0 Å². The van der Waals surface area contributed by atoms with Crippen LogP contribution in [0.15, 0.2) is 30.3 Å². The zero-order chi connectivity index (χ0) is 24.8. The van der Waals surface area contributed by atoms with Gasteiger partial charge in [0.25, 0.3) is 0 Å². The van der Waals surface area contributed by atoms with Gasteiger partial charge in [-0.2, -0.15) is 0 Å². The normalized spacial score (nSPS) is 28.4. The highest BCUT2D eigenvalue weighted by atomic mass is 16.7. The molecule has 0 aliphatic carbocycles. The summed E-state index contributed by atoms with van der Waals surface area (Å²) in [7, 11) is 0. The molecule has 1 aromatic rings. The molecule has 4 atom stereocenters. The van der Waals surface area contributed by atoms with E-state index in [9.17, 15) is 4.79 Å². The predicted octanol–water partition coefficient (Wildman–Crippen LogP) is 4.61. The molecule has 0 saturated carbocycles. The van der Waals surface area contributed by atoms with Crippen LogP contribution in [0.3, 0.4) is 0 Å². The summed E-state index contributed by atoms with van der Waals surface area (Å²) in [5, 5.41) is 3.42. The van der Waals surface area contributed by atoms with Gasteiger partial charge < -0.3 is 33.9 Å². The Bertz CT molecular complexity index is 733. The maximum absolute atomic E-state index is 12.3. The summed E-state index contributed by atoms with van der Waals surface area (Å²) in [6.07, 6.45) is 11.0. The molecule has 4 aliphatic heterocycles. The minimum atomic E-state index is -0.246. The van der Waals surface area contributed by atoms with Crippen LogP contribution < -0.4 is 5.32 Å². The highest BCUT2D eigenvalue weighted by Gasteiger charge is 2.31. The van der Waals surface area contributed by atoms with Crippen molar-refractivity contribution in [1.82, 2.24) is 10.2 Å². The molecule has 202 valence electrons. The number of carbonyl (C=O) groups is 1. The van der Waals surface area contributed by atoms with Crippen LogP contribution in [0.1, 0.15) is 69.8 Å². The molecule has 36 heavy (non-hydrogen) atoms. The van der Waals surface area contributed by atoms with Crippen molar-refractivity contribution in [3.05, 3.63) is 35.9 Å². The van der Waals surface area contributed by atoms with Gasteiger partial charge in [-0.1, -0.05) is 30.3 Å². The maximum atomic E-state index is 12.3. The van der Waals surface area contributed by atoms with Crippen molar-refractivity contribution in [2.24, 2.45) is 0 Å². The third-order valence-electron chi connectivity index (χ3n) is 7.21. The molecule has 2 unspecified atom stereocenters. The molecule has 0 spiro atoms. The van der Waals surface area contributed by atoms with Crippen LogP contribution in [-0.4, -0.2) is 75.2 Å². The Morgan fingerprint density at radius 3 is 2.22 bits per heavy atom. The van der Waals surface area contributed by atoms with Crippen molar-refractivity contribution in [2.75, 3.05) is 39.5 Å². The largest absolute Gasteiger partial charge is 0.445 e. The minimum absolute atomic E-state index is 0.0798. The number of hydrogen-bond donors (Lipinski definition) is 1. The molecule has 4 fully saturated rings. The molecule has 0 bridgehead atoms. The summed E-state index contributed by atoms with van der Waals surface area (Å²) >= 11 is 0. The summed E-state index contributed by atoms with van der Waals surface area (Å²) in [6, 6.07) is 10.4. The first-order valence-corrected chi connectivity index (χ1v) is 13.9. The van der Waals surface area contributed by atoms with Gasteiger partial charge in [-0.05, 0) is 76.3 Å². The number of rotatable bonds is 8. The number of amides is 1. The lowest BCUT2D eigenvalue weighted by Crippen LogP contribution is -2.40. The maximum Gasteiger partial charge on any atom is 0.410 e. The SMILES string of the molecule is C1CCC(OC[C@@H]2CCCN2)OC1.O=C(OCc1ccccc1)N1CCC[C@H]1COC1CCCCO1. The first-order chi connectivity index (χ1) is 17.8. The van der Waals surface area contributed by atoms with Crippen molar-refractivity contribution in [2.45, 2.75) is 95.5 Å². The first kappa shape index (κ1) is 27.3. The lowest BCUT2D eigenvalue weighted by atomic mass is 10.2. The molecule has 1 amide bonds. The Labute approximate surface area is 215 Å². The fourth-order valence-corrected chi connectivity index (χ4v) is 5.08. The van der Waals surface area contributed by atoms with Gasteiger partial charge in [0.1, 0.15) is 6.61 Å².